The largest absolute Gasteiger partial charge is 0.445 e. The highest BCUT2D eigenvalue weighted by Gasteiger charge is 2.36. The van der Waals surface area contributed by atoms with Crippen LogP contribution >= 0.6 is 0 Å². The predicted octanol–water partition coefficient (Wildman–Crippen LogP) is 2.04. The summed E-state index contributed by atoms with van der Waals surface area (Å²) in [4.78, 5) is 27.3. The van der Waals surface area contributed by atoms with E-state index in [-0.39, 0.29) is 25.0 Å². The van der Waals surface area contributed by atoms with Gasteiger partial charge in [-0.05, 0) is 12.5 Å². The first-order valence-electron chi connectivity index (χ1n) is 6.87. The van der Waals surface area contributed by atoms with Crippen molar-refractivity contribution in [3.63, 3.8) is 0 Å². The molecule has 112 valence electrons. The minimum atomic E-state index is -0.457. The summed E-state index contributed by atoms with van der Waals surface area (Å²) in [6, 6.07) is 9.21. The molecule has 5 nitrogen and oxygen atoms in total. The van der Waals surface area contributed by atoms with Crippen LogP contribution in [0.4, 0.5) is 4.79 Å². The molecule has 0 aliphatic carbocycles. The Bertz CT molecular complexity index is 552. The number of ketones is 1. The van der Waals surface area contributed by atoms with Crippen LogP contribution in [0.5, 0.6) is 0 Å². The van der Waals surface area contributed by atoms with Crippen molar-refractivity contribution >= 4 is 11.9 Å². The van der Waals surface area contributed by atoms with E-state index in [0.29, 0.717) is 5.57 Å². The molecule has 0 N–H and O–H groups in total. The van der Waals surface area contributed by atoms with Gasteiger partial charge in [0.25, 0.3) is 0 Å². The number of rotatable bonds is 3. The summed E-state index contributed by atoms with van der Waals surface area (Å²) in [7, 11) is 3.70. The first-order chi connectivity index (χ1) is 9.99. The standard InChI is InChI=1S/C16H20N2O3/c1-12-14(9-17(2)3)15(19)10-18(12)16(20)21-11-13-7-5-4-6-8-13/h4-9,12H,10-11H2,1-3H3. The second kappa shape index (κ2) is 6.43. The van der Waals surface area contributed by atoms with Crippen LogP contribution in [0.1, 0.15) is 12.5 Å². The van der Waals surface area contributed by atoms with E-state index in [4.69, 9.17) is 4.74 Å². The summed E-state index contributed by atoms with van der Waals surface area (Å²) < 4.78 is 5.28. The van der Waals surface area contributed by atoms with Gasteiger partial charge < -0.3 is 9.64 Å². The number of carbonyl (C=O) groups is 2. The van der Waals surface area contributed by atoms with Gasteiger partial charge in [-0.3, -0.25) is 9.69 Å². The van der Waals surface area contributed by atoms with Gasteiger partial charge in [-0.15, -0.1) is 0 Å². The predicted molar refractivity (Wildman–Crippen MR) is 79.6 cm³/mol. The van der Waals surface area contributed by atoms with Crippen molar-refractivity contribution in [1.82, 2.24) is 9.80 Å². The maximum Gasteiger partial charge on any atom is 0.411 e. The molecule has 1 aliphatic rings. The summed E-state index contributed by atoms with van der Waals surface area (Å²) >= 11 is 0. The van der Waals surface area contributed by atoms with E-state index in [1.54, 1.807) is 6.20 Å². The van der Waals surface area contributed by atoms with Crippen LogP contribution in [0.3, 0.4) is 0 Å². The van der Waals surface area contributed by atoms with Crippen LogP contribution in [0.15, 0.2) is 42.1 Å². The van der Waals surface area contributed by atoms with Crippen molar-refractivity contribution in [2.24, 2.45) is 0 Å². The van der Waals surface area contributed by atoms with Crippen molar-refractivity contribution in [2.75, 3.05) is 20.6 Å². The lowest BCUT2D eigenvalue weighted by Crippen LogP contribution is -2.35. The third kappa shape index (κ3) is 3.62. The highest BCUT2D eigenvalue weighted by atomic mass is 16.6. The fraction of sp³-hybridized carbons (Fsp3) is 0.375. The van der Waals surface area contributed by atoms with Crippen molar-refractivity contribution < 1.29 is 14.3 Å². The van der Waals surface area contributed by atoms with Crippen molar-refractivity contribution in [3.8, 4) is 0 Å². The molecule has 21 heavy (non-hydrogen) atoms. The average Bonchev–Trinajstić information content (AvgIpc) is 2.73. The van der Waals surface area contributed by atoms with Gasteiger partial charge in [0.05, 0.1) is 12.6 Å². The fourth-order valence-electron chi connectivity index (χ4n) is 2.27. The van der Waals surface area contributed by atoms with Gasteiger partial charge in [0, 0.05) is 25.9 Å². The summed E-state index contributed by atoms with van der Waals surface area (Å²) in [5.74, 6) is -0.0344. The van der Waals surface area contributed by atoms with Crippen LogP contribution < -0.4 is 0 Å². The molecule has 5 heteroatoms. The summed E-state index contributed by atoms with van der Waals surface area (Å²) in [6.45, 7) is 2.13. The van der Waals surface area contributed by atoms with Crippen molar-refractivity contribution in [1.29, 1.82) is 0 Å². The molecule has 0 bridgehead atoms. The van der Waals surface area contributed by atoms with E-state index < -0.39 is 6.09 Å². The van der Waals surface area contributed by atoms with Gasteiger partial charge in [0.1, 0.15) is 6.61 Å². The number of carbonyl (C=O) groups excluding carboxylic acids is 2. The lowest BCUT2D eigenvalue weighted by molar-refractivity contribution is -0.114. The fourth-order valence-corrected chi connectivity index (χ4v) is 2.27. The number of nitrogens with zero attached hydrogens (tertiary/aromatic N) is 2. The first kappa shape index (κ1) is 15.1. The van der Waals surface area contributed by atoms with Gasteiger partial charge in [0.15, 0.2) is 5.78 Å². The van der Waals surface area contributed by atoms with Gasteiger partial charge in [-0.25, -0.2) is 4.79 Å². The Kier molecular flexibility index (Phi) is 4.62. The number of ether oxygens (including phenoxy) is 1. The molecule has 1 fully saturated rings. The molecule has 1 atom stereocenters. The third-order valence-electron chi connectivity index (χ3n) is 3.39. The van der Waals surface area contributed by atoms with E-state index >= 15 is 0 Å². The number of hydrogen-bond acceptors (Lipinski definition) is 4. The zero-order chi connectivity index (χ0) is 15.4. The van der Waals surface area contributed by atoms with Gasteiger partial charge in [-0.1, -0.05) is 30.3 Å². The third-order valence-corrected chi connectivity index (χ3v) is 3.39. The smallest absolute Gasteiger partial charge is 0.411 e. The van der Waals surface area contributed by atoms with Crippen LogP contribution in [0, 0.1) is 0 Å². The van der Waals surface area contributed by atoms with Crippen molar-refractivity contribution in [3.05, 3.63) is 47.7 Å². The van der Waals surface area contributed by atoms with Crippen molar-refractivity contribution in [2.45, 2.75) is 19.6 Å². The second-order valence-corrected chi connectivity index (χ2v) is 5.32. The summed E-state index contributed by atoms with van der Waals surface area (Å²) in [6.07, 6.45) is 1.30. The number of likely N-dealkylation sites (tertiary alicyclic amines) is 1. The van der Waals surface area contributed by atoms with Crippen LogP contribution in [-0.4, -0.2) is 48.4 Å². The molecule has 1 unspecified atom stereocenters. The molecule has 1 heterocycles. The normalized spacial score (nSPS) is 20.0. The van der Waals surface area contributed by atoms with Crippen LogP contribution in [0.2, 0.25) is 0 Å². The molecular weight excluding hydrogens is 268 g/mol. The molecule has 1 aromatic rings. The molecule has 0 saturated carbocycles. The van der Waals surface area contributed by atoms with E-state index in [1.807, 2.05) is 56.3 Å². The molecule has 0 aromatic heterocycles. The number of amides is 1. The highest BCUT2D eigenvalue weighted by molar-refractivity contribution is 6.02. The molecule has 1 saturated heterocycles. The zero-order valence-electron chi connectivity index (χ0n) is 12.6. The molecule has 1 aromatic carbocycles. The molecule has 2 rings (SSSR count). The molecule has 1 amide bonds. The zero-order valence-corrected chi connectivity index (χ0v) is 12.6. The van der Waals surface area contributed by atoms with Crippen LogP contribution in [0.25, 0.3) is 0 Å². The SMILES string of the molecule is CC1C(=CN(C)C)C(=O)CN1C(=O)OCc1ccccc1. The Hall–Kier alpha value is -2.30. The summed E-state index contributed by atoms with van der Waals surface area (Å²) in [5.41, 5.74) is 1.56. The Balaban J connectivity index is 1.99. The van der Waals surface area contributed by atoms with E-state index in [0.717, 1.165) is 5.56 Å². The van der Waals surface area contributed by atoms with E-state index in [1.165, 1.54) is 4.90 Å². The first-order valence-corrected chi connectivity index (χ1v) is 6.87. The lowest BCUT2D eigenvalue weighted by Gasteiger charge is -2.20. The van der Waals surface area contributed by atoms with Gasteiger partial charge >= 0.3 is 6.09 Å². The second-order valence-electron chi connectivity index (χ2n) is 5.32. The molecule has 0 spiro atoms. The number of hydrogen-bond donors (Lipinski definition) is 0. The number of benzene rings is 1. The Labute approximate surface area is 124 Å². The monoisotopic (exact) mass is 288 g/mol. The molecular formula is C16H20N2O3. The summed E-state index contributed by atoms with van der Waals surface area (Å²) in [5, 5.41) is 0. The Morgan fingerprint density at radius 3 is 2.67 bits per heavy atom. The van der Waals surface area contributed by atoms with Gasteiger partial charge in [-0.2, -0.15) is 0 Å². The maximum atomic E-state index is 12.1. The number of Topliss-reactive ketones (excluding diaryl/α,β-unsaturated/α-hetero) is 1. The Morgan fingerprint density at radius 2 is 2.05 bits per heavy atom. The maximum absolute atomic E-state index is 12.1. The van der Waals surface area contributed by atoms with Crippen LogP contribution in [-0.2, 0) is 16.1 Å². The topological polar surface area (TPSA) is 49.9 Å². The quantitative estimate of drug-likeness (QED) is 0.799. The average molecular weight is 288 g/mol. The van der Waals surface area contributed by atoms with E-state index in [2.05, 4.69) is 0 Å². The molecule has 0 radical (unpaired) electrons. The minimum Gasteiger partial charge on any atom is -0.445 e. The highest BCUT2D eigenvalue weighted by Crippen LogP contribution is 2.21. The Morgan fingerprint density at radius 1 is 1.38 bits per heavy atom. The lowest BCUT2D eigenvalue weighted by atomic mass is 10.1. The van der Waals surface area contributed by atoms with Gasteiger partial charge in [0.2, 0.25) is 0 Å². The minimum absolute atomic E-state index is 0.0344. The van der Waals surface area contributed by atoms with E-state index in [9.17, 15) is 9.59 Å². The molecule has 1 aliphatic heterocycles.